The zero-order valence-corrected chi connectivity index (χ0v) is 17.7. The fourth-order valence-corrected chi connectivity index (χ4v) is 4.61. The fraction of sp³-hybridized carbons (Fsp3) is 0.304. The smallest absolute Gasteiger partial charge is 0.253 e. The van der Waals surface area contributed by atoms with Gasteiger partial charge in [-0.3, -0.25) is 14.5 Å². The number of para-hydroxylation sites is 1. The van der Waals surface area contributed by atoms with Gasteiger partial charge >= 0.3 is 0 Å². The Labute approximate surface area is 180 Å². The van der Waals surface area contributed by atoms with E-state index in [0.717, 1.165) is 19.4 Å². The third kappa shape index (κ3) is 4.47. The SMILES string of the molecule is CN(C(=O)CN1CCC[C@H]1c1ccsc1)c1ccccc1C(=O)NCc1ccco1. The number of carbonyl (C=O) groups is 2. The summed E-state index contributed by atoms with van der Waals surface area (Å²) in [5.74, 6) is 0.418. The van der Waals surface area contributed by atoms with E-state index in [1.54, 1.807) is 53.8 Å². The van der Waals surface area contributed by atoms with E-state index in [2.05, 4.69) is 27.0 Å². The molecule has 0 radical (unpaired) electrons. The fourth-order valence-electron chi connectivity index (χ4n) is 3.91. The molecule has 3 aromatic rings. The summed E-state index contributed by atoms with van der Waals surface area (Å²) in [5.41, 5.74) is 2.35. The normalized spacial score (nSPS) is 16.5. The lowest BCUT2D eigenvalue weighted by Gasteiger charge is -2.27. The van der Waals surface area contributed by atoms with Gasteiger partial charge < -0.3 is 14.6 Å². The van der Waals surface area contributed by atoms with E-state index in [9.17, 15) is 9.59 Å². The Hall–Kier alpha value is -2.90. The summed E-state index contributed by atoms with van der Waals surface area (Å²) in [6.45, 7) is 1.54. The van der Waals surface area contributed by atoms with E-state index in [1.807, 2.05) is 12.1 Å². The number of amides is 2. The molecule has 0 aliphatic carbocycles. The summed E-state index contributed by atoms with van der Waals surface area (Å²) in [5, 5.41) is 7.10. The van der Waals surface area contributed by atoms with Gasteiger partial charge in [0.25, 0.3) is 5.91 Å². The maximum Gasteiger partial charge on any atom is 0.253 e. The molecule has 1 aliphatic rings. The average Bonchev–Trinajstić information content (AvgIpc) is 3.54. The second-order valence-electron chi connectivity index (χ2n) is 7.42. The summed E-state index contributed by atoms with van der Waals surface area (Å²) in [6.07, 6.45) is 3.73. The first-order chi connectivity index (χ1) is 14.6. The first kappa shape index (κ1) is 20.4. The van der Waals surface area contributed by atoms with Crippen LogP contribution in [0.4, 0.5) is 5.69 Å². The van der Waals surface area contributed by atoms with Crippen LogP contribution in [0.3, 0.4) is 0 Å². The van der Waals surface area contributed by atoms with Crippen LogP contribution in [0.15, 0.2) is 63.9 Å². The highest BCUT2D eigenvalue weighted by Gasteiger charge is 2.29. The maximum atomic E-state index is 13.1. The molecule has 2 amide bonds. The highest BCUT2D eigenvalue weighted by molar-refractivity contribution is 7.08. The van der Waals surface area contributed by atoms with Crippen LogP contribution >= 0.6 is 11.3 Å². The van der Waals surface area contributed by atoms with Crippen LogP contribution in [-0.4, -0.2) is 36.9 Å². The van der Waals surface area contributed by atoms with Crippen molar-refractivity contribution in [2.45, 2.75) is 25.4 Å². The van der Waals surface area contributed by atoms with Crippen LogP contribution in [0.25, 0.3) is 0 Å². The number of anilines is 1. The highest BCUT2D eigenvalue weighted by Crippen LogP contribution is 2.33. The molecule has 0 spiro atoms. The third-order valence-electron chi connectivity index (χ3n) is 5.52. The molecule has 7 heteroatoms. The molecule has 2 aromatic heterocycles. The van der Waals surface area contributed by atoms with Gasteiger partial charge in [0.2, 0.25) is 5.91 Å². The summed E-state index contributed by atoms with van der Waals surface area (Å²) in [4.78, 5) is 29.6. The van der Waals surface area contributed by atoms with Crippen LogP contribution in [0.2, 0.25) is 0 Å². The molecular weight excluding hydrogens is 398 g/mol. The number of nitrogens with one attached hydrogen (secondary N) is 1. The number of furan rings is 1. The Morgan fingerprint density at radius 1 is 1.23 bits per heavy atom. The maximum absolute atomic E-state index is 13.1. The molecule has 1 atom stereocenters. The minimum atomic E-state index is -0.237. The summed E-state index contributed by atoms with van der Waals surface area (Å²) >= 11 is 1.69. The van der Waals surface area contributed by atoms with Gasteiger partial charge in [-0.1, -0.05) is 12.1 Å². The second-order valence-corrected chi connectivity index (χ2v) is 8.20. The van der Waals surface area contributed by atoms with Crippen molar-refractivity contribution in [3.63, 3.8) is 0 Å². The number of rotatable bonds is 7. The number of hydrogen-bond acceptors (Lipinski definition) is 5. The quantitative estimate of drug-likeness (QED) is 0.622. The van der Waals surface area contributed by atoms with Gasteiger partial charge in [0, 0.05) is 13.1 Å². The van der Waals surface area contributed by atoms with E-state index in [-0.39, 0.29) is 11.8 Å². The molecule has 1 aliphatic heterocycles. The number of likely N-dealkylation sites (tertiary alicyclic amines) is 1. The van der Waals surface area contributed by atoms with E-state index in [0.29, 0.717) is 36.1 Å². The number of thiophene rings is 1. The third-order valence-corrected chi connectivity index (χ3v) is 6.22. The topological polar surface area (TPSA) is 65.8 Å². The number of nitrogens with zero attached hydrogens (tertiary/aromatic N) is 2. The highest BCUT2D eigenvalue weighted by atomic mass is 32.1. The molecule has 0 unspecified atom stereocenters. The van der Waals surface area contributed by atoms with Crippen molar-refractivity contribution in [2.75, 3.05) is 25.0 Å². The molecule has 156 valence electrons. The van der Waals surface area contributed by atoms with Crippen molar-refractivity contribution in [1.82, 2.24) is 10.2 Å². The molecule has 30 heavy (non-hydrogen) atoms. The summed E-state index contributed by atoms with van der Waals surface area (Å²) < 4.78 is 5.27. The molecule has 4 rings (SSSR count). The van der Waals surface area contributed by atoms with Crippen LogP contribution in [0, 0.1) is 0 Å². The Kier molecular flexibility index (Phi) is 6.30. The summed E-state index contributed by atoms with van der Waals surface area (Å²) in [7, 11) is 1.73. The van der Waals surface area contributed by atoms with E-state index in [4.69, 9.17) is 4.42 Å². The first-order valence-electron chi connectivity index (χ1n) is 10.1. The van der Waals surface area contributed by atoms with Crippen LogP contribution < -0.4 is 10.2 Å². The lowest BCUT2D eigenvalue weighted by Crippen LogP contribution is -2.39. The number of hydrogen-bond donors (Lipinski definition) is 1. The van der Waals surface area contributed by atoms with Gasteiger partial charge in [-0.05, 0) is 66.0 Å². The van der Waals surface area contributed by atoms with Gasteiger partial charge in [0.05, 0.1) is 30.6 Å². The Morgan fingerprint density at radius 2 is 2.10 bits per heavy atom. The van der Waals surface area contributed by atoms with Gasteiger partial charge in [-0.2, -0.15) is 11.3 Å². The predicted molar refractivity (Wildman–Crippen MR) is 118 cm³/mol. The van der Waals surface area contributed by atoms with Gasteiger partial charge in [-0.25, -0.2) is 0 Å². The van der Waals surface area contributed by atoms with E-state index >= 15 is 0 Å². The van der Waals surface area contributed by atoms with Crippen molar-refractivity contribution in [1.29, 1.82) is 0 Å². The lowest BCUT2D eigenvalue weighted by atomic mass is 10.1. The predicted octanol–water partition coefficient (Wildman–Crippen LogP) is 4.07. The minimum Gasteiger partial charge on any atom is -0.467 e. The van der Waals surface area contributed by atoms with Crippen molar-refractivity contribution in [2.24, 2.45) is 0 Å². The van der Waals surface area contributed by atoms with Gasteiger partial charge in [0.15, 0.2) is 0 Å². The van der Waals surface area contributed by atoms with Gasteiger partial charge in [-0.15, -0.1) is 0 Å². The van der Waals surface area contributed by atoms with Crippen molar-refractivity contribution in [3.8, 4) is 0 Å². The van der Waals surface area contributed by atoms with Crippen LogP contribution in [0.1, 0.15) is 40.6 Å². The van der Waals surface area contributed by atoms with Gasteiger partial charge in [0.1, 0.15) is 5.76 Å². The first-order valence-corrected chi connectivity index (χ1v) is 11.0. The lowest BCUT2D eigenvalue weighted by molar-refractivity contribution is -0.119. The molecule has 1 fully saturated rings. The molecular formula is C23H25N3O3S. The summed E-state index contributed by atoms with van der Waals surface area (Å²) in [6, 6.07) is 13.2. The number of benzene rings is 1. The zero-order valence-electron chi connectivity index (χ0n) is 16.9. The molecule has 1 aromatic carbocycles. The van der Waals surface area contributed by atoms with Crippen molar-refractivity contribution >= 4 is 28.8 Å². The average molecular weight is 424 g/mol. The second kappa shape index (κ2) is 9.28. The molecule has 1 N–H and O–H groups in total. The Bertz CT molecular complexity index is 985. The Balaban J connectivity index is 1.44. The standard InChI is InChI=1S/C23H25N3O3S/c1-25(22(27)15-26-11-4-9-20(26)17-10-13-30-16-17)21-8-3-2-7-19(21)23(28)24-14-18-6-5-12-29-18/h2-3,5-8,10,12-13,16,20H,4,9,11,14-15H2,1H3,(H,24,28)/t20-/m0/s1. The number of carbonyl (C=O) groups excluding carboxylic acids is 2. The van der Waals surface area contributed by atoms with Crippen LogP contribution in [0.5, 0.6) is 0 Å². The molecule has 0 bridgehead atoms. The zero-order chi connectivity index (χ0) is 20.9. The Morgan fingerprint density at radius 3 is 2.87 bits per heavy atom. The van der Waals surface area contributed by atoms with Crippen molar-refractivity contribution in [3.05, 3.63) is 76.4 Å². The molecule has 0 saturated carbocycles. The molecule has 3 heterocycles. The van der Waals surface area contributed by atoms with Crippen molar-refractivity contribution < 1.29 is 14.0 Å². The molecule has 1 saturated heterocycles. The largest absolute Gasteiger partial charge is 0.467 e. The number of likely N-dealkylation sites (N-methyl/N-ethyl adjacent to an activating group) is 1. The minimum absolute atomic E-state index is 0.0246. The van der Waals surface area contributed by atoms with E-state index < -0.39 is 0 Å². The monoisotopic (exact) mass is 423 g/mol. The van der Waals surface area contributed by atoms with E-state index in [1.165, 1.54) is 5.56 Å². The molecule has 6 nitrogen and oxygen atoms in total. The van der Waals surface area contributed by atoms with Crippen LogP contribution in [-0.2, 0) is 11.3 Å².